The van der Waals surface area contributed by atoms with E-state index in [1.165, 1.54) is 13.0 Å². The van der Waals surface area contributed by atoms with E-state index in [2.05, 4.69) is 0 Å². The van der Waals surface area contributed by atoms with Crippen molar-refractivity contribution in [3.05, 3.63) is 29.6 Å². The maximum Gasteiger partial charge on any atom is 0.265 e. The van der Waals surface area contributed by atoms with E-state index in [0.717, 1.165) is 12.1 Å². The van der Waals surface area contributed by atoms with Crippen LogP contribution >= 0.6 is 0 Å². The molecule has 0 amide bonds. The minimum Gasteiger partial charge on any atom is -0.386 e. The van der Waals surface area contributed by atoms with Gasteiger partial charge in [0.2, 0.25) is 10.0 Å². The molecule has 0 aromatic heterocycles. The number of benzene rings is 1. The molecule has 0 spiro atoms. The lowest BCUT2D eigenvalue weighted by Gasteiger charge is -2.11. The summed E-state index contributed by atoms with van der Waals surface area (Å²) in [6.45, 7) is 0.620. The molecule has 1 aromatic carbocycles. The number of aliphatic hydroxyl groups excluding tert-OH is 1. The minimum absolute atomic E-state index is 0.265. The van der Waals surface area contributed by atoms with Crippen molar-refractivity contribution in [2.24, 2.45) is 0 Å². The van der Waals surface area contributed by atoms with Crippen molar-refractivity contribution in [1.29, 1.82) is 0 Å². The largest absolute Gasteiger partial charge is 0.386 e. The Bertz CT molecular complexity index is 519. The predicted octanol–water partition coefficient (Wildman–Crippen LogP) is 1.04. The summed E-state index contributed by atoms with van der Waals surface area (Å²) in [7, 11) is -4.11. The van der Waals surface area contributed by atoms with Gasteiger partial charge in [-0.3, -0.25) is 0 Å². The van der Waals surface area contributed by atoms with E-state index < -0.39 is 34.9 Å². The third-order valence-corrected chi connectivity index (χ3v) is 3.65. The summed E-state index contributed by atoms with van der Waals surface area (Å²) in [6, 6.07) is 3.19. The fourth-order valence-corrected chi connectivity index (χ4v) is 2.17. The van der Waals surface area contributed by atoms with E-state index in [1.54, 1.807) is 4.72 Å². The fraction of sp³-hybridized carbons (Fsp3) is 0.400. The molecule has 0 aliphatic rings. The van der Waals surface area contributed by atoms with Crippen LogP contribution in [0.1, 0.15) is 5.56 Å². The van der Waals surface area contributed by atoms with Gasteiger partial charge in [-0.05, 0) is 24.6 Å². The lowest BCUT2D eigenvalue weighted by Crippen LogP contribution is -2.35. The predicted molar refractivity (Wildman–Crippen MR) is 58.3 cm³/mol. The molecule has 0 bridgehead atoms. The highest BCUT2D eigenvalue weighted by molar-refractivity contribution is 7.89. The number of aryl methyl sites for hydroxylation is 1. The monoisotopic (exact) mass is 283 g/mol. The van der Waals surface area contributed by atoms with Crippen molar-refractivity contribution in [1.82, 2.24) is 4.72 Å². The van der Waals surface area contributed by atoms with Gasteiger partial charge in [0.25, 0.3) is 6.43 Å². The second-order valence-electron chi connectivity index (χ2n) is 3.66. The lowest BCUT2D eigenvalue weighted by molar-refractivity contribution is -0.000452. The van der Waals surface area contributed by atoms with Gasteiger partial charge in [-0.25, -0.2) is 26.3 Å². The number of alkyl halides is 2. The third-order valence-electron chi connectivity index (χ3n) is 2.23. The van der Waals surface area contributed by atoms with Crippen molar-refractivity contribution < 1.29 is 26.7 Å². The Kier molecular flexibility index (Phi) is 4.71. The highest BCUT2D eigenvalue weighted by Gasteiger charge is 2.21. The zero-order valence-electron chi connectivity index (χ0n) is 9.40. The molecule has 1 atom stereocenters. The first-order chi connectivity index (χ1) is 8.24. The summed E-state index contributed by atoms with van der Waals surface area (Å²) in [5.74, 6) is -0.715. The van der Waals surface area contributed by atoms with Crippen LogP contribution in [0.25, 0.3) is 0 Å². The second-order valence-corrected chi connectivity index (χ2v) is 5.43. The highest BCUT2D eigenvalue weighted by atomic mass is 32.2. The Morgan fingerprint density at radius 1 is 1.39 bits per heavy atom. The zero-order valence-corrected chi connectivity index (χ0v) is 10.2. The SMILES string of the molecule is Cc1ccc(S(=O)(=O)NCC(O)C(F)F)cc1F. The second kappa shape index (κ2) is 5.68. The van der Waals surface area contributed by atoms with Crippen LogP contribution in [-0.2, 0) is 10.0 Å². The fourth-order valence-electron chi connectivity index (χ4n) is 1.11. The van der Waals surface area contributed by atoms with Gasteiger partial charge >= 0.3 is 0 Å². The first-order valence-corrected chi connectivity index (χ1v) is 6.44. The number of halogens is 3. The van der Waals surface area contributed by atoms with Crippen LogP contribution in [0, 0.1) is 12.7 Å². The van der Waals surface area contributed by atoms with Gasteiger partial charge in [-0.15, -0.1) is 0 Å². The van der Waals surface area contributed by atoms with Crippen LogP contribution in [0.3, 0.4) is 0 Å². The molecule has 102 valence electrons. The van der Waals surface area contributed by atoms with E-state index in [9.17, 15) is 21.6 Å². The molecule has 8 heteroatoms. The first kappa shape index (κ1) is 14.9. The molecular formula is C10H12F3NO3S. The van der Waals surface area contributed by atoms with Crippen molar-refractivity contribution in [2.75, 3.05) is 6.54 Å². The molecule has 0 aliphatic heterocycles. The van der Waals surface area contributed by atoms with E-state index >= 15 is 0 Å². The molecule has 1 rings (SSSR count). The Labute approximate surface area is 102 Å². The quantitative estimate of drug-likeness (QED) is 0.848. The number of sulfonamides is 1. The Balaban J connectivity index is 2.83. The van der Waals surface area contributed by atoms with Gasteiger partial charge in [0, 0.05) is 6.54 Å². The van der Waals surface area contributed by atoms with Crippen LogP contribution in [0.5, 0.6) is 0 Å². The standard InChI is InChI=1S/C10H12F3NO3S/c1-6-2-3-7(4-8(6)11)18(16,17)14-5-9(15)10(12)13/h2-4,9-10,14-15H,5H2,1H3. The lowest BCUT2D eigenvalue weighted by atomic mass is 10.2. The average molecular weight is 283 g/mol. The topological polar surface area (TPSA) is 66.4 Å². The number of hydrogen-bond donors (Lipinski definition) is 2. The molecule has 0 aliphatic carbocycles. The Morgan fingerprint density at radius 2 is 2.00 bits per heavy atom. The summed E-state index contributed by atoms with van der Waals surface area (Å²) in [5.41, 5.74) is 0.265. The molecule has 4 nitrogen and oxygen atoms in total. The van der Waals surface area contributed by atoms with Crippen molar-refractivity contribution in [3.8, 4) is 0 Å². The third kappa shape index (κ3) is 3.69. The molecule has 0 fully saturated rings. The maximum absolute atomic E-state index is 13.2. The molecule has 2 N–H and O–H groups in total. The van der Waals surface area contributed by atoms with E-state index in [1.807, 2.05) is 0 Å². The van der Waals surface area contributed by atoms with Crippen LogP contribution < -0.4 is 4.72 Å². The number of aliphatic hydroxyl groups is 1. The smallest absolute Gasteiger partial charge is 0.265 e. The average Bonchev–Trinajstić information content (AvgIpc) is 2.29. The Morgan fingerprint density at radius 3 is 2.50 bits per heavy atom. The van der Waals surface area contributed by atoms with Gasteiger partial charge in [0.15, 0.2) is 0 Å². The molecule has 0 radical (unpaired) electrons. The minimum atomic E-state index is -4.11. The van der Waals surface area contributed by atoms with Gasteiger partial charge in [-0.1, -0.05) is 6.07 Å². The summed E-state index contributed by atoms with van der Waals surface area (Å²) < 4.78 is 62.1. The number of nitrogens with one attached hydrogen (secondary N) is 1. The Hall–Kier alpha value is -1.12. The maximum atomic E-state index is 13.2. The molecular weight excluding hydrogens is 271 g/mol. The zero-order chi connectivity index (χ0) is 13.9. The molecule has 0 saturated carbocycles. The van der Waals surface area contributed by atoms with Gasteiger partial charge < -0.3 is 5.11 Å². The number of rotatable bonds is 5. The van der Waals surface area contributed by atoms with Crippen LogP contribution in [0.15, 0.2) is 23.1 Å². The van der Waals surface area contributed by atoms with E-state index in [4.69, 9.17) is 5.11 Å². The summed E-state index contributed by atoms with van der Waals surface area (Å²) in [5, 5.41) is 8.78. The highest BCUT2D eigenvalue weighted by Crippen LogP contribution is 2.14. The molecule has 1 unspecified atom stereocenters. The van der Waals surface area contributed by atoms with Gasteiger partial charge in [-0.2, -0.15) is 0 Å². The molecule has 1 aromatic rings. The van der Waals surface area contributed by atoms with Gasteiger partial charge in [0.1, 0.15) is 11.9 Å². The molecule has 0 heterocycles. The summed E-state index contributed by atoms with van der Waals surface area (Å²) >= 11 is 0. The van der Waals surface area contributed by atoms with E-state index in [-0.39, 0.29) is 10.5 Å². The molecule has 18 heavy (non-hydrogen) atoms. The van der Waals surface area contributed by atoms with Crippen molar-refractivity contribution >= 4 is 10.0 Å². The van der Waals surface area contributed by atoms with Crippen molar-refractivity contribution in [3.63, 3.8) is 0 Å². The van der Waals surface area contributed by atoms with Crippen LogP contribution in [0.4, 0.5) is 13.2 Å². The van der Waals surface area contributed by atoms with Crippen molar-refractivity contribution in [2.45, 2.75) is 24.3 Å². The summed E-state index contributed by atoms with van der Waals surface area (Å²) in [6.07, 6.45) is -5.16. The first-order valence-electron chi connectivity index (χ1n) is 4.96. The molecule has 0 saturated heterocycles. The number of hydrogen-bond acceptors (Lipinski definition) is 3. The summed E-state index contributed by atoms with van der Waals surface area (Å²) in [4.78, 5) is -0.382. The normalized spacial score (nSPS) is 13.9. The van der Waals surface area contributed by atoms with Gasteiger partial charge in [0.05, 0.1) is 4.90 Å². The van der Waals surface area contributed by atoms with Crippen LogP contribution in [-0.4, -0.2) is 32.6 Å². The van der Waals surface area contributed by atoms with Crippen LogP contribution in [0.2, 0.25) is 0 Å². The van der Waals surface area contributed by atoms with E-state index in [0.29, 0.717) is 0 Å².